The summed E-state index contributed by atoms with van der Waals surface area (Å²) < 4.78 is 5.37. The average Bonchev–Trinajstić information content (AvgIpc) is 3.57. The lowest BCUT2D eigenvalue weighted by Gasteiger charge is -2.32. The summed E-state index contributed by atoms with van der Waals surface area (Å²) in [4.78, 5) is 54.0. The zero-order valence-electron chi connectivity index (χ0n) is 21.5. The highest BCUT2D eigenvalue weighted by Gasteiger charge is 2.53. The van der Waals surface area contributed by atoms with E-state index in [0.29, 0.717) is 38.9 Å². The van der Waals surface area contributed by atoms with Crippen molar-refractivity contribution in [1.82, 2.24) is 20.6 Å². The first-order valence-electron chi connectivity index (χ1n) is 12.8. The average molecular weight is 545 g/mol. The number of rotatable bonds is 9. The van der Waals surface area contributed by atoms with E-state index in [1.165, 1.54) is 4.90 Å². The molecule has 0 aromatic heterocycles. The molecule has 204 valence electrons. The van der Waals surface area contributed by atoms with E-state index in [0.717, 1.165) is 37.2 Å². The highest BCUT2D eigenvalue weighted by Crippen LogP contribution is 2.52. The summed E-state index contributed by atoms with van der Waals surface area (Å²) in [6, 6.07) is -1.15. The summed E-state index contributed by atoms with van der Waals surface area (Å²) in [6.07, 6.45) is 4.85. The second kappa shape index (κ2) is 12.7. The molecule has 0 bridgehead atoms. The Hall–Kier alpha value is -1.66. The third kappa shape index (κ3) is 7.67. The van der Waals surface area contributed by atoms with Crippen LogP contribution in [0.5, 0.6) is 0 Å². The summed E-state index contributed by atoms with van der Waals surface area (Å²) in [7, 11) is 0. The molecule has 0 radical (unpaired) electrons. The molecule has 0 aliphatic carbocycles. The number of carbonyl (C=O) groups excluding carboxylic acids is 4. The van der Waals surface area contributed by atoms with Gasteiger partial charge in [0.1, 0.15) is 17.7 Å². The van der Waals surface area contributed by atoms with E-state index in [2.05, 4.69) is 5.32 Å². The van der Waals surface area contributed by atoms with Gasteiger partial charge in [-0.05, 0) is 46.5 Å². The molecule has 3 fully saturated rings. The van der Waals surface area contributed by atoms with Gasteiger partial charge in [-0.3, -0.25) is 24.5 Å². The number of carbonyl (C=O) groups is 4. The molecule has 0 unspecified atom stereocenters. The SMILES string of the molecule is CC(C)(C)OC(=O)N1CCC[C@H]1C(=O)N1CC2(C[C@H]1C(=O)NCCCCCCC(=O)NO)SCCS2. The van der Waals surface area contributed by atoms with Crippen LogP contribution >= 0.6 is 23.5 Å². The van der Waals surface area contributed by atoms with Gasteiger partial charge in [0.25, 0.3) is 0 Å². The second-order valence-electron chi connectivity index (χ2n) is 10.6. The number of hydrogen-bond acceptors (Lipinski definition) is 8. The van der Waals surface area contributed by atoms with Crippen LogP contribution in [0.3, 0.4) is 0 Å². The van der Waals surface area contributed by atoms with E-state index in [4.69, 9.17) is 9.94 Å². The molecule has 12 heteroatoms. The number of nitrogens with zero attached hydrogens (tertiary/aromatic N) is 2. The quantitative estimate of drug-likeness (QED) is 0.230. The summed E-state index contributed by atoms with van der Waals surface area (Å²) in [6.45, 7) is 6.91. The van der Waals surface area contributed by atoms with E-state index < -0.39 is 29.7 Å². The van der Waals surface area contributed by atoms with E-state index in [1.54, 1.807) is 10.4 Å². The molecule has 36 heavy (non-hydrogen) atoms. The first-order chi connectivity index (χ1) is 17.1. The minimum absolute atomic E-state index is 0.144. The fraction of sp³-hybridized carbons (Fsp3) is 0.833. The highest BCUT2D eigenvalue weighted by molar-refractivity contribution is 8.21. The number of hydrogen-bond donors (Lipinski definition) is 3. The first-order valence-corrected chi connectivity index (χ1v) is 14.8. The molecule has 4 amide bonds. The van der Waals surface area contributed by atoms with Crippen LogP contribution in [0.4, 0.5) is 4.79 Å². The van der Waals surface area contributed by atoms with Crippen LogP contribution in [0, 0.1) is 0 Å². The Balaban J connectivity index is 1.58. The molecule has 3 rings (SSSR count). The van der Waals surface area contributed by atoms with Crippen LogP contribution in [-0.4, -0.2) is 91.7 Å². The number of unbranched alkanes of at least 4 members (excludes halogenated alkanes) is 3. The van der Waals surface area contributed by atoms with Crippen molar-refractivity contribution in [2.75, 3.05) is 31.1 Å². The molecule has 0 saturated carbocycles. The van der Waals surface area contributed by atoms with Gasteiger partial charge < -0.3 is 15.0 Å². The number of ether oxygens (including phenoxy) is 1. The normalized spacial score (nSPS) is 23.2. The van der Waals surface area contributed by atoms with Crippen molar-refractivity contribution in [2.45, 2.75) is 93.9 Å². The van der Waals surface area contributed by atoms with Gasteiger partial charge in [0.15, 0.2) is 0 Å². The maximum Gasteiger partial charge on any atom is 0.410 e. The van der Waals surface area contributed by atoms with Gasteiger partial charge in [-0.15, -0.1) is 23.5 Å². The Morgan fingerprint density at radius 1 is 1.03 bits per heavy atom. The number of nitrogens with one attached hydrogen (secondary N) is 2. The van der Waals surface area contributed by atoms with Crippen LogP contribution < -0.4 is 10.8 Å². The van der Waals surface area contributed by atoms with Gasteiger partial charge in [-0.2, -0.15) is 0 Å². The number of thioether (sulfide) groups is 2. The molecule has 2 atom stereocenters. The van der Waals surface area contributed by atoms with Crippen LogP contribution in [0.25, 0.3) is 0 Å². The second-order valence-corrected chi connectivity index (χ2v) is 13.8. The monoisotopic (exact) mass is 544 g/mol. The summed E-state index contributed by atoms with van der Waals surface area (Å²) in [5.41, 5.74) is 0.983. The summed E-state index contributed by atoms with van der Waals surface area (Å²) >= 11 is 3.65. The van der Waals surface area contributed by atoms with Gasteiger partial charge in [-0.1, -0.05) is 12.8 Å². The third-order valence-corrected chi connectivity index (χ3v) is 10.0. The van der Waals surface area contributed by atoms with Crippen molar-refractivity contribution < 1.29 is 29.1 Å². The predicted octanol–water partition coefficient (Wildman–Crippen LogP) is 2.74. The third-order valence-electron chi connectivity index (χ3n) is 6.61. The van der Waals surface area contributed by atoms with Crippen LogP contribution in [0.15, 0.2) is 0 Å². The smallest absolute Gasteiger partial charge is 0.410 e. The molecule has 10 nitrogen and oxygen atoms in total. The zero-order chi connectivity index (χ0) is 26.3. The highest BCUT2D eigenvalue weighted by atomic mass is 32.2. The van der Waals surface area contributed by atoms with Gasteiger partial charge in [0, 0.05) is 44.0 Å². The molecule has 3 heterocycles. The van der Waals surface area contributed by atoms with Gasteiger partial charge in [0.05, 0.1) is 4.08 Å². The van der Waals surface area contributed by atoms with Crippen LogP contribution in [0.2, 0.25) is 0 Å². The van der Waals surface area contributed by atoms with E-state index in [1.807, 2.05) is 44.3 Å². The van der Waals surface area contributed by atoms with E-state index in [-0.39, 0.29) is 22.3 Å². The molecule has 0 aromatic rings. The molecule has 3 N–H and O–H groups in total. The number of amides is 4. The molecule has 1 spiro atoms. The molecule has 3 aliphatic heterocycles. The Kier molecular flexibility index (Phi) is 10.2. The molecule has 0 aromatic carbocycles. The fourth-order valence-electron chi connectivity index (χ4n) is 4.91. The number of hydroxylamine groups is 1. The van der Waals surface area contributed by atoms with E-state index >= 15 is 0 Å². The molecule has 3 aliphatic rings. The number of likely N-dealkylation sites (tertiary alicyclic amines) is 2. The van der Waals surface area contributed by atoms with Gasteiger partial charge in [-0.25, -0.2) is 10.3 Å². The lowest BCUT2D eigenvalue weighted by molar-refractivity contribution is -0.141. The van der Waals surface area contributed by atoms with Crippen molar-refractivity contribution in [3.63, 3.8) is 0 Å². The standard InChI is InChI=1S/C24H40N4O6S2/c1-23(2,3)34-22(32)27-12-8-9-17(27)21(31)28-16-24(35-13-14-36-24)15-18(28)20(30)25-11-7-5-4-6-10-19(29)26-33/h17-18,33H,4-16H2,1-3H3,(H,25,30)(H,26,29)/t17-,18-/m0/s1. The largest absolute Gasteiger partial charge is 0.444 e. The first kappa shape index (κ1) is 28.9. The maximum atomic E-state index is 13.7. The molecular formula is C24H40N4O6S2. The summed E-state index contributed by atoms with van der Waals surface area (Å²) in [5.74, 6) is 1.31. The minimum Gasteiger partial charge on any atom is -0.444 e. The zero-order valence-corrected chi connectivity index (χ0v) is 23.2. The lowest BCUT2D eigenvalue weighted by atomic mass is 10.1. The molecule has 3 saturated heterocycles. The lowest BCUT2D eigenvalue weighted by Crippen LogP contribution is -2.53. The van der Waals surface area contributed by atoms with Crippen molar-refractivity contribution in [1.29, 1.82) is 0 Å². The Labute approximate surface area is 221 Å². The van der Waals surface area contributed by atoms with Gasteiger partial charge in [0.2, 0.25) is 17.7 Å². The summed E-state index contributed by atoms with van der Waals surface area (Å²) in [5, 5.41) is 11.5. The topological polar surface area (TPSA) is 128 Å². The van der Waals surface area contributed by atoms with Crippen LogP contribution in [0.1, 0.15) is 72.1 Å². The predicted molar refractivity (Wildman–Crippen MR) is 140 cm³/mol. The molecular weight excluding hydrogens is 504 g/mol. The Morgan fingerprint density at radius 3 is 2.39 bits per heavy atom. The Bertz CT molecular complexity index is 815. The Morgan fingerprint density at radius 2 is 1.72 bits per heavy atom. The van der Waals surface area contributed by atoms with Crippen LogP contribution in [-0.2, 0) is 19.1 Å². The van der Waals surface area contributed by atoms with Crippen molar-refractivity contribution >= 4 is 47.3 Å². The van der Waals surface area contributed by atoms with E-state index in [9.17, 15) is 19.2 Å². The van der Waals surface area contributed by atoms with Gasteiger partial charge >= 0.3 is 6.09 Å². The van der Waals surface area contributed by atoms with Crippen molar-refractivity contribution in [3.05, 3.63) is 0 Å². The maximum absolute atomic E-state index is 13.7. The fourth-order valence-corrected chi connectivity index (χ4v) is 8.17. The van der Waals surface area contributed by atoms with Crippen molar-refractivity contribution in [2.24, 2.45) is 0 Å². The minimum atomic E-state index is -0.643. The van der Waals surface area contributed by atoms with Crippen molar-refractivity contribution in [3.8, 4) is 0 Å².